The van der Waals surface area contributed by atoms with Gasteiger partial charge >= 0.3 is 5.97 Å². The Morgan fingerprint density at radius 3 is 2.58 bits per heavy atom. The molecular formula is C20H34O6. The highest BCUT2D eigenvalue weighted by Crippen LogP contribution is 2.36. The van der Waals surface area contributed by atoms with Gasteiger partial charge in [-0.1, -0.05) is 12.2 Å². The van der Waals surface area contributed by atoms with Gasteiger partial charge in [0.05, 0.1) is 18.3 Å². The molecule has 0 unspecified atom stereocenters. The first-order valence-corrected chi connectivity index (χ1v) is 9.75. The average Bonchev–Trinajstić information content (AvgIpc) is 2.81. The molecule has 0 heterocycles. The molecule has 1 rings (SSSR count). The van der Waals surface area contributed by atoms with Crippen LogP contribution in [0.25, 0.3) is 0 Å². The third-order valence-electron chi connectivity index (χ3n) is 5.15. The van der Waals surface area contributed by atoms with E-state index in [4.69, 9.17) is 5.11 Å². The molecule has 4 N–H and O–H groups in total. The summed E-state index contributed by atoms with van der Waals surface area (Å²) < 4.78 is 0. The predicted octanol–water partition coefficient (Wildman–Crippen LogP) is 2.45. The second-order valence-corrected chi connectivity index (χ2v) is 7.51. The molecule has 150 valence electrons. The third kappa shape index (κ3) is 8.92. The van der Waals surface area contributed by atoms with Crippen molar-refractivity contribution in [3.05, 3.63) is 12.2 Å². The van der Waals surface area contributed by atoms with Gasteiger partial charge in [-0.2, -0.15) is 0 Å². The highest BCUT2D eigenvalue weighted by molar-refractivity contribution is 5.84. The summed E-state index contributed by atoms with van der Waals surface area (Å²) in [5, 5.41) is 38.1. The molecule has 0 aromatic rings. The van der Waals surface area contributed by atoms with Crippen molar-refractivity contribution < 1.29 is 30.0 Å². The second kappa shape index (κ2) is 12.2. The van der Waals surface area contributed by atoms with Crippen molar-refractivity contribution in [3.63, 3.8) is 0 Å². The summed E-state index contributed by atoms with van der Waals surface area (Å²) in [6.07, 6.45) is 7.68. The second-order valence-electron chi connectivity index (χ2n) is 7.51. The van der Waals surface area contributed by atoms with Crippen LogP contribution < -0.4 is 0 Å². The Balaban J connectivity index is 2.37. The Morgan fingerprint density at radius 1 is 1.19 bits per heavy atom. The van der Waals surface area contributed by atoms with E-state index < -0.39 is 18.2 Å². The molecule has 0 aromatic carbocycles. The molecule has 0 spiro atoms. The summed E-state index contributed by atoms with van der Waals surface area (Å²) in [4.78, 5) is 22.6. The zero-order valence-electron chi connectivity index (χ0n) is 15.7. The summed E-state index contributed by atoms with van der Waals surface area (Å²) in [6.45, 7) is 1.73. The quantitative estimate of drug-likeness (QED) is 0.292. The molecule has 0 bridgehead atoms. The van der Waals surface area contributed by atoms with E-state index in [1.165, 1.54) is 0 Å². The minimum absolute atomic E-state index is 0.0706. The maximum atomic E-state index is 12.1. The lowest BCUT2D eigenvalue weighted by atomic mass is 9.86. The van der Waals surface area contributed by atoms with Crippen molar-refractivity contribution in [2.24, 2.45) is 11.8 Å². The van der Waals surface area contributed by atoms with Gasteiger partial charge in [0.25, 0.3) is 0 Å². The number of carbonyl (C=O) groups is 2. The average molecular weight is 370 g/mol. The van der Waals surface area contributed by atoms with Crippen molar-refractivity contribution in [2.75, 3.05) is 0 Å². The van der Waals surface area contributed by atoms with Crippen LogP contribution in [0.2, 0.25) is 0 Å². The fourth-order valence-electron chi connectivity index (χ4n) is 3.63. The number of aliphatic hydroxyl groups is 3. The summed E-state index contributed by atoms with van der Waals surface area (Å²) in [5.74, 6) is -1.08. The Kier molecular flexibility index (Phi) is 10.7. The van der Waals surface area contributed by atoms with Gasteiger partial charge in [-0.15, -0.1) is 0 Å². The fourth-order valence-corrected chi connectivity index (χ4v) is 3.63. The smallest absolute Gasteiger partial charge is 0.303 e. The van der Waals surface area contributed by atoms with Crippen LogP contribution in [0.5, 0.6) is 0 Å². The van der Waals surface area contributed by atoms with Crippen molar-refractivity contribution in [2.45, 2.75) is 89.4 Å². The fraction of sp³-hybridized carbons (Fsp3) is 0.800. The van der Waals surface area contributed by atoms with Crippen molar-refractivity contribution in [1.82, 2.24) is 0 Å². The highest BCUT2D eigenvalue weighted by atomic mass is 16.4. The molecule has 1 aliphatic carbocycles. The molecule has 6 heteroatoms. The van der Waals surface area contributed by atoms with Crippen LogP contribution in [-0.4, -0.2) is 50.5 Å². The molecule has 26 heavy (non-hydrogen) atoms. The minimum atomic E-state index is -0.806. The van der Waals surface area contributed by atoms with Gasteiger partial charge in [-0.25, -0.2) is 0 Å². The normalized spacial score (nSPS) is 25.7. The number of carboxylic acids is 1. The number of allylic oxidation sites excluding steroid dienone is 2. The van der Waals surface area contributed by atoms with E-state index in [1.807, 2.05) is 12.2 Å². The maximum Gasteiger partial charge on any atom is 0.303 e. The number of aliphatic carboxylic acids is 1. The number of hydrogen-bond acceptors (Lipinski definition) is 5. The number of carboxylic acid groups (broad SMARTS) is 1. The third-order valence-corrected chi connectivity index (χ3v) is 5.15. The van der Waals surface area contributed by atoms with Crippen molar-refractivity contribution in [1.29, 1.82) is 0 Å². The van der Waals surface area contributed by atoms with Crippen molar-refractivity contribution >= 4 is 11.8 Å². The van der Waals surface area contributed by atoms with Gasteiger partial charge in [0.15, 0.2) is 0 Å². The molecule has 5 atom stereocenters. The number of unbranched alkanes of at least 4 members (excludes halogenated alkanes) is 1. The topological polar surface area (TPSA) is 115 Å². The first-order valence-electron chi connectivity index (χ1n) is 9.75. The largest absolute Gasteiger partial charge is 0.481 e. The van der Waals surface area contributed by atoms with Gasteiger partial charge < -0.3 is 20.4 Å². The number of ketones is 1. The van der Waals surface area contributed by atoms with E-state index in [-0.39, 0.29) is 36.6 Å². The lowest BCUT2D eigenvalue weighted by molar-refractivity contribution is -0.137. The molecule has 0 aliphatic heterocycles. The molecule has 0 radical (unpaired) electrons. The molecule has 1 saturated carbocycles. The van der Waals surface area contributed by atoms with Gasteiger partial charge in [0.1, 0.15) is 5.78 Å². The zero-order chi connectivity index (χ0) is 19.5. The van der Waals surface area contributed by atoms with Crippen molar-refractivity contribution in [3.8, 4) is 0 Å². The van der Waals surface area contributed by atoms with Gasteiger partial charge in [0, 0.05) is 18.8 Å². The van der Waals surface area contributed by atoms with E-state index >= 15 is 0 Å². The Morgan fingerprint density at radius 2 is 1.92 bits per heavy atom. The zero-order valence-corrected chi connectivity index (χ0v) is 15.7. The SMILES string of the molecule is C[C@@H](O)CCC[C@@H](O)CC[C@H]1[C@H](O)CC(=O)[C@@H]1C/C=C\CCCC(=O)O. The maximum absolute atomic E-state index is 12.1. The molecule has 6 nitrogen and oxygen atoms in total. The van der Waals surface area contributed by atoms with Gasteiger partial charge in [0.2, 0.25) is 0 Å². The summed E-state index contributed by atoms with van der Waals surface area (Å²) in [7, 11) is 0. The van der Waals surface area contributed by atoms with E-state index in [2.05, 4.69) is 0 Å². The lowest BCUT2D eigenvalue weighted by Gasteiger charge is -2.21. The predicted molar refractivity (Wildman–Crippen MR) is 98.6 cm³/mol. The van der Waals surface area contributed by atoms with E-state index in [0.717, 1.165) is 6.42 Å². The molecule has 0 amide bonds. The van der Waals surface area contributed by atoms with Gasteiger partial charge in [-0.05, 0) is 64.2 Å². The Bertz CT molecular complexity index is 459. The number of Topliss-reactive ketones (excluding diaryl/α,β-unsaturated/α-hetero) is 1. The molecular weight excluding hydrogens is 336 g/mol. The number of aliphatic hydroxyl groups excluding tert-OH is 3. The Labute approximate surface area is 155 Å². The molecule has 1 aliphatic rings. The molecule has 0 aromatic heterocycles. The molecule has 1 fully saturated rings. The van der Waals surface area contributed by atoms with Crippen LogP contribution in [0.3, 0.4) is 0 Å². The number of hydrogen-bond donors (Lipinski definition) is 4. The van der Waals surface area contributed by atoms with E-state index in [1.54, 1.807) is 6.92 Å². The Hall–Kier alpha value is -1.24. The minimum Gasteiger partial charge on any atom is -0.481 e. The van der Waals surface area contributed by atoms with Crippen LogP contribution in [0, 0.1) is 11.8 Å². The first-order chi connectivity index (χ1) is 12.3. The monoisotopic (exact) mass is 370 g/mol. The molecule has 0 saturated heterocycles. The first kappa shape index (κ1) is 22.8. The van der Waals surface area contributed by atoms with E-state index in [9.17, 15) is 24.9 Å². The van der Waals surface area contributed by atoms with Crippen LogP contribution in [0.15, 0.2) is 12.2 Å². The van der Waals surface area contributed by atoms with Crippen LogP contribution >= 0.6 is 0 Å². The van der Waals surface area contributed by atoms with Crippen LogP contribution in [0.4, 0.5) is 0 Å². The van der Waals surface area contributed by atoms with Crippen LogP contribution in [0.1, 0.15) is 71.1 Å². The van der Waals surface area contributed by atoms with E-state index in [0.29, 0.717) is 44.9 Å². The highest BCUT2D eigenvalue weighted by Gasteiger charge is 2.40. The summed E-state index contributed by atoms with van der Waals surface area (Å²) >= 11 is 0. The summed E-state index contributed by atoms with van der Waals surface area (Å²) in [5.41, 5.74) is 0. The summed E-state index contributed by atoms with van der Waals surface area (Å²) in [6, 6.07) is 0. The number of carbonyl (C=O) groups excluding carboxylic acids is 1. The van der Waals surface area contributed by atoms with Gasteiger partial charge in [-0.3, -0.25) is 9.59 Å². The number of rotatable bonds is 13. The lowest BCUT2D eigenvalue weighted by Crippen LogP contribution is -2.22. The van der Waals surface area contributed by atoms with Crippen LogP contribution in [-0.2, 0) is 9.59 Å². The standard InChI is InChI=1S/C20H34O6/c1-14(21)7-6-8-15(22)11-12-17-16(18(23)13-19(17)24)9-4-2-3-5-10-20(25)26/h2,4,14-17,19,21-22,24H,3,5-13H2,1H3,(H,25,26)/b4-2-/t14-,15-,16-,17-,19-/m1/s1.